The molecule has 0 aliphatic carbocycles. The topological polar surface area (TPSA) is 60.9 Å². The van der Waals surface area contributed by atoms with Crippen LogP contribution in [0.4, 0.5) is 0 Å². The van der Waals surface area contributed by atoms with Crippen LogP contribution < -0.4 is 5.73 Å². The molecule has 0 spiro atoms. The van der Waals surface area contributed by atoms with Gasteiger partial charge in [0.1, 0.15) is 11.6 Å². The lowest BCUT2D eigenvalue weighted by molar-refractivity contribution is -0.119. The van der Waals surface area contributed by atoms with E-state index < -0.39 is 0 Å². The summed E-state index contributed by atoms with van der Waals surface area (Å²) in [7, 11) is 1.94. The molecule has 1 unspecified atom stereocenters. The maximum Gasteiger partial charge on any atom is 0.134 e. The number of aromatic nitrogens is 2. The molecule has 1 atom stereocenters. The molecule has 84 valence electrons. The fraction of sp³-hybridized carbons (Fsp3) is 0.636. The Balaban J connectivity index is 2.31. The number of nitrogens with two attached hydrogens (primary N) is 1. The number of hydrogen-bond acceptors (Lipinski definition) is 3. The van der Waals surface area contributed by atoms with Crippen molar-refractivity contribution in [2.75, 3.05) is 0 Å². The van der Waals surface area contributed by atoms with Gasteiger partial charge in [0.15, 0.2) is 0 Å². The summed E-state index contributed by atoms with van der Waals surface area (Å²) in [5.74, 6) is 1.18. The second-order valence-electron chi connectivity index (χ2n) is 3.87. The van der Waals surface area contributed by atoms with Crippen LogP contribution in [-0.4, -0.2) is 21.4 Å². The average Bonchev–Trinajstić information content (AvgIpc) is 2.61. The van der Waals surface area contributed by atoms with Gasteiger partial charge in [-0.3, -0.25) is 4.79 Å². The Hall–Kier alpha value is -1.16. The molecule has 1 aromatic rings. The zero-order chi connectivity index (χ0) is 11.3. The van der Waals surface area contributed by atoms with Crippen LogP contribution in [0.1, 0.15) is 32.0 Å². The van der Waals surface area contributed by atoms with Crippen LogP contribution in [0, 0.1) is 0 Å². The van der Waals surface area contributed by atoms with Gasteiger partial charge in [0.25, 0.3) is 0 Å². The molecule has 1 rings (SSSR count). The van der Waals surface area contributed by atoms with Crippen LogP contribution in [0.5, 0.6) is 0 Å². The van der Waals surface area contributed by atoms with Crippen molar-refractivity contribution < 1.29 is 4.79 Å². The van der Waals surface area contributed by atoms with E-state index in [4.69, 9.17) is 5.73 Å². The van der Waals surface area contributed by atoms with Crippen LogP contribution in [0.25, 0.3) is 0 Å². The predicted molar refractivity (Wildman–Crippen MR) is 59.4 cm³/mol. The molecule has 15 heavy (non-hydrogen) atoms. The van der Waals surface area contributed by atoms with Crippen molar-refractivity contribution in [1.82, 2.24) is 9.55 Å². The first-order valence-corrected chi connectivity index (χ1v) is 5.37. The number of carbonyl (C=O) groups is 1. The van der Waals surface area contributed by atoms with Gasteiger partial charge in [-0.05, 0) is 6.42 Å². The van der Waals surface area contributed by atoms with Crippen molar-refractivity contribution in [2.24, 2.45) is 12.8 Å². The van der Waals surface area contributed by atoms with Gasteiger partial charge >= 0.3 is 0 Å². The van der Waals surface area contributed by atoms with E-state index in [1.54, 1.807) is 6.20 Å². The lowest BCUT2D eigenvalue weighted by Gasteiger charge is -2.07. The molecule has 0 saturated heterocycles. The molecule has 4 nitrogen and oxygen atoms in total. The van der Waals surface area contributed by atoms with E-state index in [0.717, 1.165) is 12.2 Å². The third kappa shape index (κ3) is 3.83. The van der Waals surface area contributed by atoms with Gasteiger partial charge in [-0.1, -0.05) is 6.92 Å². The number of rotatable bonds is 6. The summed E-state index contributed by atoms with van der Waals surface area (Å²) >= 11 is 0. The van der Waals surface area contributed by atoms with E-state index in [0.29, 0.717) is 19.3 Å². The quantitative estimate of drug-likeness (QED) is 0.761. The normalized spacial score (nSPS) is 12.7. The Kier molecular flexibility index (Phi) is 4.49. The summed E-state index contributed by atoms with van der Waals surface area (Å²) in [6.07, 6.45) is 6.22. The minimum atomic E-state index is 0.0128. The van der Waals surface area contributed by atoms with Gasteiger partial charge < -0.3 is 10.3 Å². The van der Waals surface area contributed by atoms with Gasteiger partial charge in [0, 0.05) is 44.7 Å². The highest BCUT2D eigenvalue weighted by atomic mass is 16.1. The Morgan fingerprint density at radius 1 is 1.67 bits per heavy atom. The first-order chi connectivity index (χ1) is 7.13. The molecule has 0 amide bonds. The lowest BCUT2D eigenvalue weighted by Crippen LogP contribution is -2.22. The number of Topliss-reactive ketones (excluding diaryl/α,β-unsaturated/α-hetero) is 1. The van der Waals surface area contributed by atoms with Gasteiger partial charge in [0.2, 0.25) is 0 Å². The summed E-state index contributed by atoms with van der Waals surface area (Å²) in [5.41, 5.74) is 5.71. The fourth-order valence-electron chi connectivity index (χ4n) is 1.43. The molecule has 0 bridgehead atoms. The van der Waals surface area contributed by atoms with Gasteiger partial charge in [0.05, 0.1) is 0 Å². The van der Waals surface area contributed by atoms with E-state index in [-0.39, 0.29) is 11.8 Å². The molecule has 0 saturated carbocycles. The van der Waals surface area contributed by atoms with Crippen molar-refractivity contribution in [3.8, 4) is 0 Å². The lowest BCUT2D eigenvalue weighted by atomic mass is 10.1. The second-order valence-corrected chi connectivity index (χ2v) is 3.87. The molecule has 2 N–H and O–H groups in total. The van der Waals surface area contributed by atoms with Crippen LogP contribution in [0.15, 0.2) is 12.4 Å². The molecule has 0 aliphatic heterocycles. The van der Waals surface area contributed by atoms with Crippen LogP contribution in [0.3, 0.4) is 0 Å². The summed E-state index contributed by atoms with van der Waals surface area (Å²) in [6.45, 7) is 2.00. The average molecular weight is 209 g/mol. The highest BCUT2D eigenvalue weighted by Crippen LogP contribution is 2.03. The largest absolute Gasteiger partial charge is 0.338 e. The number of ketones is 1. The Bertz CT molecular complexity index is 319. The Morgan fingerprint density at radius 3 is 2.93 bits per heavy atom. The highest BCUT2D eigenvalue weighted by molar-refractivity contribution is 5.79. The van der Waals surface area contributed by atoms with Gasteiger partial charge in [-0.25, -0.2) is 4.98 Å². The molecular weight excluding hydrogens is 190 g/mol. The summed E-state index contributed by atoms with van der Waals surface area (Å²) in [5, 5.41) is 0. The van der Waals surface area contributed by atoms with E-state index in [9.17, 15) is 4.79 Å². The van der Waals surface area contributed by atoms with E-state index in [2.05, 4.69) is 4.98 Å². The van der Waals surface area contributed by atoms with Gasteiger partial charge in [-0.2, -0.15) is 0 Å². The van der Waals surface area contributed by atoms with E-state index in [1.165, 1.54) is 0 Å². The first kappa shape index (κ1) is 11.9. The minimum Gasteiger partial charge on any atom is -0.338 e. The fourth-order valence-corrected chi connectivity index (χ4v) is 1.43. The van der Waals surface area contributed by atoms with E-state index in [1.807, 2.05) is 24.7 Å². The number of hydrogen-bond donors (Lipinski definition) is 1. The molecule has 0 radical (unpaired) electrons. The van der Waals surface area contributed by atoms with Crippen molar-refractivity contribution in [3.63, 3.8) is 0 Å². The van der Waals surface area contributed by atoms with Crippen molar-refractivity contribution in [1.29, 1.82) is 0 Å². The SMILES string of the molecule is CCC(N)CC(=O)CCc1nccn1C. The molecule has 1 aromatic heterocycles. The molecule has 4 heteroatoms. The van der Waals surface area contributed by atoms with E-state index >= 15 is 0 Å². The monoisotopic (exact) mass is 209 g/mol. The molecular formula is C11H19N3O. The number of aryl methyl sites for hydroxylation is 2. The van der Waals surface area contributed by atoms with Crippen LogP contribution >= 0.6 is 0 Å². The Labute approximate surface area is 90.5 Å². The summed E-state index contributed by atoms with van der Waals surface area (Å²) < 4.78 is 1.94. The second kappa shape index (κ2) is 5.66. The number of carbonyl (C=O) groups excluding carboxylic acids is 1. The predicted octanol–water partition coefficient (Wildman–Crippen LogP) is 1.05. The van der Waals surface area contributed by atoms with Crippen molar-refractivity contribution >= 4 is 5.78 Å². The minimum absolute atomic E-state index is 0.0128. The summed E-state index contributed by atoms with van der Waals surface area (Å²) in [4.78, 5) is 15.7. The molecule has 1 heterocycles. The van der Waals surface area contributed by atoms with Crippen LogP contribution in [-0.2, 0) is 18.3 Å². The molecule has 0 aliphatic rings. The zero-order valence-corrected chi connectivity index (χ0v) is 9.44. The maximum atomic E-state index is 11.5. The zero-order valence-electron chi connectivity index (χ0n) is 9.44. The smallest absolute Gasteiger partial charge is 0.134 e. The first-order valence-electron chi connectivity index (χ1n) is 5.37. The highest BCUT2D eigenvalue weighted by Gasteiger charge is 2.09. The molecule has 0 fully saturated rings. The third-order valence-corrected chi connectivity index (χ3v) is 2.56. The number of imidazole rings is 1. The number of nitrogens with zero attached hydrogens (tertiary/aromatic N) is 2. The van der Waals surface area contributed by atoms with Crippen molar-refractivity contribution in [3.05, 3.63) is 18.2 Å². The van der Waals surface area contributed by atoms with Gasteiger partial charge in [-0.15, -0.1) is 0 Å². The summed E-state index contributed by atoms with van der Waals surface area (Å²) in [6, 6.07) is 0.0128. The maximum absolute atomic E-state index is 11.5. The van der Waals surface area contributed by atoms with Crippen LogP contribution in [0.2, 0.25) is 0 Å². The van der Waals surface area contributed by atoms with Crippen molar-refractivity contribution in [2.45, 2.75) is 38.6 Å². The Morgan fingerprint density at radius 2 is 2.40 bits per heavy atom. The standard InChI is InChI=1S/C11H19N3O/c1-3-9(12)8-10(15)4-5-11-13-6-7-14(11)2/h6-7,9H,3-5,8,12H2,1-2H3. The third-order valence-electron chi connectivity index (χ3n) is 2.56. The molecule has 0 aromatic carbocycles.